The van der Waals surface area contributed by atoms with Gasteiger partial charge >= 0.3 is 0 Å². The molecule has 106 valence electrons. The number of aliphatic hydroxyl groups excluding tert-OH is 1. The summed E-state index contributed by atoms with van der Waals surface area (Å²) < 4.78 is 6.11. The number of ether oxygens (including phenoxy) is 1. The SMILES string of the molecule is CC(C)(CCO)NC1CCOC2(CCSCC2)C1. The van der Waals surface area contributed by atoms with E-state index >= 15 is 0 Å². The molecule has 0 aromatic heterocycles. The van der Waals surface area contributed by atoms with Gasteiger partial charge in [-0.3, -0.25) is 0 Å². The summed E-state index contributed by atoms with van der Waals surface area (Å²) >= 11 is 2.05. The molecule has 2 fully saturated rings. The minimum Gasteiger partial charge on any atom is -0.396 e. The van der Waals surface area contributed by atoms with Crippen LogP contribution in [0.2, 0.25) is 0 Å². The van der Waals surface area contributed by atoms with Crippen molar-refractivity contribution in [2.45, 2.75) is 63.1 Å². The molecule has 1 atom stereocenters. The van der Waals surface area contributed by atoms with Crippen molar-refractivity contribution in [3.8, 4) is 0 Å². The maximum absolute atomic E-state index is 9.11. The molecule has 0 saturated carbocycles. The van der Waals surface area contributed by atoms with Gasteiger partial charge in [-0.2, -0.15) is 11.8 Å². The van der Waals surface area contributed by atoms with Gasteiger partial charge in [0.05, 0.1) is 5.60 Å². The Morgan fingerprint density at radius 2 is 2.11 bits per heavy atom. The van der Waals surface area contributed by atoms with Crippen LogP contribution in [0.15, 0.2) is 0 Å². The first-order chi connectivity index (χ1) is 8.55. The fourth-order valence-electron chi connectivity index (χ4n) is 3.15. The highest BCUT2D eigenvalue weighted by Gasteiger charge is 2.39. The van der Waals surface area contributed by atoms with Gasteiger partial charge < -0.3 is 15.2 Å². The third kappa shape index (κ3) is 3.86. The van der Waals surface area contributed by atoms with E-state index in [0.717, 1.165) is 25.9 Å². The summed E-state index contributed by atoms with van der Waals surface area (Å²) in [7, 11) is 0. The summed E-state index contributed by atoms with van der Waals surface area (Å²) in [4.78, 5) is 0. The van der Waals surface area contributed by atoms with E-state index in [2.05, 4.69) is 30.9 Å². The van der Waals surface area contributed by atoms with Crippen LogP contribution >= 0.6 is 11.8 Å². The molecule has 0 radical (unpaired) electrons. The third-order valence-corrected chi connectivity index (χ3v) is 5.21. The minimum absolute atomic E-state index is 0.0291. The molecule has 0 aromatic rings. The van der Waals surface area contributed by atoms with Crippen LogP contribution in [-0.2, 0) is 4.74 Å². The van der Waals surface area contributed by atoms with Crippen molar-refractivity contribution in [1.82, 2.24) is 5.32 Å². The first-order valence-electron chi connectivity index (χ1n) is 7.16. The maximum Gasteiger partial charge on any atom is 0.0713 e. The van der Waals surface area contributed by atoms with E-state index in [1.165, 1.54) is 24.3 Å². The van der Waals surface area contributed by atoms with Gasteiger partial charge in [0.25, 0.3) is 0 Å². The number of thioether (sulfide) groups is 1. The Morgan fingerprint density at radius 3 is 2.78 bits per heavy atom. The summed E-state index contributed by atoms with van der Waals surface area (Å²) in [5.74, 6) is 2.49. The van der Waals surface area contributed by atoms with Crippen LogP contribution in [0.3, 0.4) is 0 Å². The van der Waals surface area contributed by atoms with Crippen LogP contribution in [0.5, 0.6) is 0 Å². The Kier molecular flexibility index (Phi) is 4.98. The van der Waals surface area contributed by atoms with Crippen LogP contribution < -0.4 is 5.32 Å². The van der Waals surface area contributed by atoms with E-state index in [1.54, 1.807) is 0 Å². The number of aliphatic hydroxyl groups is 1. The summed E-state index contributed by atoms with van der Waals surface area (Å²) in [6, 6.07) is 0.545. The molecule has 2 saturated heterocycles. The maximum atomic E-state index is 9.11. The monoisotopic (exact) mass is 273 g/mol. The van der Waals surface area contributed by atoms with Crippen molar-refractivity contribution in [1.29, 1.82) is 0 Å². The molecule has 0 amide bonds. The van der Waals surface area contributed by atoms with E-state index in [1.807, 2.05) is 0 Å². The number of rotatable bonds is 4. The zero-order chi connectivity index (χ0) is 13.1. The van der Waals surface area contributed by atoms with Gasteiger partial charge in [-0.15, -0.1) is 0 Å². The lowest BCUT2D eigenvalue weighted by Gasteiger charge is -2.45. The average Bonchev–Trinajstić information content (AvgIpc) is 2.29. The van der Waals surface area contributed by atoms with Crippen LogP contribution in [-0.4, -0.2) is 47.0 Å². The smallest absolute Gasteiger partial charge is 0.0713 e. The summed E-state index contributed by atoms with van der Waals surface area (Å²) in [5.41, 5.74) is 0.178. The fraction of sp³-hybridized carbons (Fsp3) is 1.00. The molecule has 18 heavy (non-hydrogen) atoms. The van der Waals surface area contributed by atoms with E-state index < -0.39 is 0 Å². The van der Waals surface area contributed by atoms with Gasteiger partial charge in [0, 0.05) is 24.8 Å². The summed E-state index contributed by atoms with van der Waals surface area (Å²) in [6.07, 6.45) is 5.46. The summed E-state index contributed by atoms with van der Waals surface area (Å²) in [6.45, 7) is 5.51. The quantitative estimate of drug-likeness (QED) is 0.824. The van der Waals surface area contributed by atoms with Crippen molar-refractivity contribution in [2.75, 3.05) is 24.7 Å². The van der Waals surface area contributed by atoms with Crippen molar-refractivity contribution in [2.24, 2.45) is 0 Å². The molecule has 0 bridgehead atoms. The Hall–Kier alpha value is 0.230. The Labute approximate surface area is 115 Å². The lowest BCUT2D eigenvalue weighted by atomic mass is 9.84. The van der Waals surface area contributed by atoms with Crippen LogP contribution in [0.1, 0.15) is 46.0 Å². The molecule has 2 heterocycles. The second-order valence-electron chi connectivity index (χ2n) is 6.34. The van der Waals surface area contributed by atoms with Gasteiger partial charge in [-0.25, -0.2) is 0 Å². The molecule has 1 spiro atoms. The third-order valence-electron chi connectivity index (χ3n) is 4.23. The number of hydrogen-bond acceptors (Lipinski definition) is 4. The Morgan fingerprint density at radius 1 is 1.39 bits per heavy atom. The predicted molar refractivity (Wildman–Crippen MR) is 77.2 cm³/mol. The van der Waals surface area contributed by atoms with Gasteiger partial charge in [0.15, 0.2) is 0 Å². The molecule has 2 aliphatic rings. The molecule has 2 N–H and O–H groups in total. The molecule has 3 nitrogen and oxygen atoms in total. The van der Waals surface area contributed by atoms with Gasteiger partial charge in [-0.1, -0.05) is 0 Å². The number of hydrogen-bond donors (Lipinski definition) is 2. The van der Waals surface area contributed by atoms with Gasteiger partial charge in [0.1, 0.15) is 0 Å². The van der Waals surface area contributed by atoms with E-state index in [0.29, 0.717) is 6.04 Å². The molecule has 1 unspecified atom stereocenters. The Balaban J connectivity index is 1.90. The summed E-state index contributed by atoms with van der Waals surface area (Å²) in [5, 5.41) is 12.8. The second kappa shape index (κ2) is 6.12. The fourth-order valence-corrected chi connectivity index (χ4v) is 4.38. The highest BCUT2D eigenvalue weighted by Crippen LogP contribution is 2.37. The molecule has 4 heteroatoms. The highest BCUT2D eigenvalue weighted by molar-refractivity contribution is 7.99. The van der Waals surface area contributed by atoms with Gasteiger partial charge in [-0.05, 0) is 57.5 Å². The lowest BCUT2D eigenvalue weighted by Crippen LogP contribution is -2.54. The first kappa shape index (κ1) is 14.6. The van der Waals surface area contributed by atoms with Crippen molar-refractivity contribution in [3.63, 3.8) is 0 Å². The molecule has 0 aliphatic carbocycles. The van der Waals surface area contributed by atoms with Crippen LogP contribution in [0, 0.1) is 0 Å². The predicted octanol–water partition coefficient (Wildman–Crippen LogP) is 2.18. The zero-order valence-corrected chi connectivity index (χ0v) is 12.5. The van der Waals surface area contributed by atoms with Crippen molar-refractivity contribution >= 4 is 11.8 Å². The average molecular weight is 273 g/mol. The first-order valence-corrected chi connectivity index (χ1v) is 8.31. The molecular formula is C14H27NO2S. The topological polar surface area (TPSA) is 41.5 Å². The highest BCUT2D eigenvalue weighted by atomic mass is 32.2. The van der Waals surface area contributed by atoms with E-state index in [-0.39, 0.29) is 17.7 Å². The second-order valence-corrected chi connectivity index (χ2v) is 7.56. The van der Waals surface area contributed by atoms with Crippen LogP contribution in [0.25, 0.3) is 0 Å². The Bertz CT molecular complexity index is 259. The largest absolute Gasteiger partial charge is 0.396 e. The molecule has 2 aliphatic heterocycles. The van der Waals surface area contributed by atoms with E-state index in [4.69, 9.17) is 9.84 Å². The normalized spacial score (nSPS) is 28.5. The van der Waals surface area contributed by atoms with Crippen molar-refractivity contribution < 1.29 is 9.84 Å². The molecule has 2 rings (SSSR count). The number of nitrogens with one attached hydrogen (secondary N) is 1. The zero-order valence-electron chi connectivity index (χ0n) is 11.7. The molecular weight excluding hydrogens is 246 g/mol. The lowest BCUT2D eigenvalue weighted by molar-refractivity contribution is -0.0959. The van der Waals surface area contributed by atoms with Crippen LogP contribution in [0.4, 0.5) is 0 Å². The standard InChI is InChI=1S/C14H27NO2S/c1-13(2,4-7-16)15-12-3-8-17-14(11-12)5-9-18-10-6-14/h12,15-16H,3-11H2,1-2H3. The molecule has 0 aromatic carbocycles. The van der Waals surface area contributed by atoms with Crippen molar-refractivity contribution in [3.05, 3.63) is 0 Å². The van der Waals surface area contributed by atoms with Gasteiger partial charge in [0.2, 0.25) is 0 Å². The minimum atomic E-state index is 0.0291. The van der Waals surface area contributed by atoms with E-state index in [9.17, 15) is 0 Å².